The molecule has 65 heavy (non-hydrogen) atoms. The van der Waals surface area contributed by atoms with Gasteiger partial charge in [-0.1, -0.05) is 97.7 Å². The molecule has 0 aliphatic heterocycles. The zero-order chi connectivity index (χ0) is 46.2. The van der Waals surface area contributed by atoms with Crippen molar-refractivity contribution in [3.63, 3.8) is 0 Å². The Kier molecular flexibility index (Phi) is 21.2. The fourth-order valence-corrected chi connectivity index (χ4v) is 7.20. The minimum absolute atomic E-state index is 0. The number of aromatic nitrogens is 4. The van der Waals surface area contributed by atoms with Gasteiger partial charge in [0.1, 0.15) is 11.5 Å². The van der Waals surface area contributed by atoms with E-state index >= 15 is 0 Å². The smallest absolute Gasteiger partial charge is 0.256 e. The van der Waals surface area contributed by atoms with Crippen molar-refractivity contribution < 1.29 is 19.1 Å². The topological polar surface area (TPSA) is 136 Å². The number of carbonyl (C=O) groups is 2. The van der Waals surface area contributed by atoms with Gasteiger partial charge >= 0.3 is 0 Å². The number of hydrogen-bond acceptors (Lipinski definition) is 8. The van der Waals surface area contributed by atoms with Crippen LogP contribution >= 0.6 is 44.3 Å². The molecule has 2 amide bonds. The molecule has 0 radical (unpaired) electrons. The minimum atomic E-state index is -0.173. The van der Waals surface area contributed by atoms with Gasteiger partial charge in [0.15, 0.2) is 11.6 Å². The van der Waals surface area contributed by atoms with Crippen LogP contribution in [0.2, 0.25) is 0 Å². The number of aryl methyl sites for hydroxylation is 2. The van der Waals surface area contributed by atoms with Gasteiger partial charge in [-0.15, -0.1) is 12.4 Å². The third-order valence-corrected chi connectivity index (χ3v) is 10.9. The quantitative estimate of drug-likeness (QED) is 0.0594. The Morgan fingerprint density at radius 1 is 0.585 bits per heavy atom. The SMILES string of the molecule is CCNCc1ccc(C(=O)Nc2cc(C)n(Cc3cc(Br)ccc3OCC(C)C)n2)cc1.CCNCc1ccc(C(=O)Nc2cc(C)n(Cc3cc(Br)ccc3OCC(C)C)n2)cc1.Cl. The Hall–Kier alpha value is -4.99. The molecular formula is C50H63Br2ClN8O4. The van der Waals surface area contributed by atoms with Gasteiger partial charge in [-0.25, -0.2) is 0 Å². The van der Waals surface area contributed by atoms with Gasteiger partial charge in [0.05, 0.1) is 26.3 Å². The van der Waals surface area contributed by atoms with Gasteiger partial charge in [-0.2, -0.15) is 10.2 Å². The molecule has 0 saturated heterocycles. The monoisotopic (exact) mass is 1030 g/mol. The van der Waals surface area contributed by atoms with Crippen LogP contribution in [0.5, 0.6) is 11.5 Å². The molecule has 12 nitrogen and oxygen atoms in total. The van der Waals surface area contributed by atoms with Crippen molar-refractivity contribution in [2.45, 2.75) is 81.6 Å². The number of hydrogen-bond donors (Lipinski definition) is 4. The number of ether oxygens (including phenoxy) is 2. The lowest BCUT2D eigenvalue weighted by atomic mass is 10.1. The van der Waals surface area contributed by atoms with Crippen LogP contribution in [-0.4, -0.2) is 57.7 Å². The molecule has 4 N–H and O–H groups in total. The Bertz CT molecular complexity index is 2270. The summed E-state index contributed by atoms with van der Waals surface area (Å²) in [5, 5.41) is 21.6. The zero-order valence-corrected chi connectivity index (χ0v) is 42.6. The minimum Gasteiger partial charge on any atom is -0.493 e. The van der Waals surface area contributed by atoms with Gasteiger partial charge in [0.2, 0.25) is 0 Å². The van der Waals surface area contributed by atoms with Crippen molar-refractivity contribution in [2.75, 3.05) is 36.9 Å². The predicted molar refractivity (Wildman–Crippen MR) is 272 cm³/mol. The Labute approximate surface area is 407 Å². The van der Waals surface area contributed by atoms with Crippen LogP contribution in [0.4, 0.5) is 11.6 Å². The van der Waals surface area contributed by atoms with E-state index in [1.54, 1.807) is 0 Å². The second kappa shape index (κ2) is 26.2. The lowest BCUT2D eigenvalue weighted by Gasteiger charge is -2.14. The van der Waals surface area contributed by atoms with E-state index in [1.165, 1.54) is 0 Å². The van der Waals surface area contributed by atoms with Crippen LogP contribution in [-0.2, 0) is 26.2 Å². The molecular weight excluding hydrogens is 972 g/mol. The van der Waals surface area contributed by atoms with Crippen molar-refractivity contribution >= 4 is 67.7 Å². The molecule has 0 aliphatic carbocycles. The third-order valence-electron chi connectivity index (χ3n) is 9.87. The molecule has 2 heterocycles. The van der Waals surface area contributed by atoms with Crippen LogP contribution < -0.4 is 30.7 Å². The molecule has 0 atom stereocenters. The normalized spacial score (nSPS) is 10.9. The molecule has 348 valence electrons. The highest BCUT2D eigenvalue weighted by atomic mass is 79.9. The number of rotatable bonds is 20. The largest absolute Gasteiger partial charge is 0.493 e. The van der Waals surface area contributed by atoms with Gasteiger partial charge in [-0.05, 0) is 111 Å². The summed E-state index contributed by atoms with van der Waals surface area (Å²) in [6.45, 7) is 22.4. The average Bonchev–Trinajstić information content (AvgIpc) is 3.79. The van der Waals surface area contributed by atoms with E-state index in [-0.39, 0.29) is 24.2 Å². The summed E-state index contributed by atoms with van der Waals surface area (Å²) in [7, 11) is 0. The Balaban J connectivity index is 0.000000280. The highest BCUT2D eigenvalue weighted by Gasteiger charge is 2.15. The summed E-state index contributed by atoms with van der Waals surface area (Å²) in [5.41, 5.74) is 7.47. The van der Waals surface area contributed by atoms with E-state index in [0.29, 0.717) is 60.9 Å². The molecule has 0 saturated carbocycles. The maximum atomic E-state index is 12.7. The fraction of sp³-hybridized carbons (Fsp3) is 0.360. The van der Waals surface area contributed by atoms with Crippen molar-refractivity contribution in [3.8, 4) is 11.5 Å². The number of halogens is 3. The lowest BCUT2D eigenvalue weighted by molar-refractivity contribution is 0.101. The second-order valence-corrected chi connectivity index (χ2v) is 18.3. The standard InChI is InChI=1S/2C25H31BrN4O2.ClH/c2*1-5-27-14-19-6-8-20(9-7-19)25(31)28-24-12-18(4)30(29-24)15-21-13-22(26)10-11-23(21)32-16-17(2)3;/h2*6-13,17,27H,5,14-16H2,1-4H3,(H,28,29,31);1H. The predicted octanol–water partition coefficient (Wildman–Crippen LogP) is 11.2. The fourth-order valence-electron chi connectivity index (χ4n) is 6.39. The van der Waals surface area contributed by atoms with E-state index in [4.69, 9.17) is 9.47 Å². The number of nitrogens with zero attached hydrogens (tertiary/aromatic N) is 4. The highest BCUT2D eigenvalue weighted by Crippen LogP contribution is 2.27. The number of anilines is 2. The third kappa shape index (κ3) is 16.7. The van der Waals surface area contributed by atoms with E-state index in [1.807, 2.05) is 120 Å². The van der Waals surface area contributed by atoms with Gasteiger partial charge in [-0.3, -0.25) is 19.0 Å². The first-order valence-electron chi connectivity index (χ1n) is 21.8. The summed E-state index contributed by atoms with van der Waals surface area (Å²) in [6, 6.07) is 31.0. The molecule has 0 aliphatic rings. The summed E-state index contributed by atoms with van der Waals surface area (Å²) in [5.74, 6) is 3.29. The molecule has 0 spiro atoms. The molecule has 0 unspecified atom stereocenters. The van der Waals surface area contributed by atoms with E-state index < -0.39 is 0 Å². The molecule has 15 heteroatoms. The van der Waals surface area contributed by atoms with E-state index in [9.17, 15) is 9.59 Å². The first kappa shape index (κ1) is 52.6. The van der Waals surface area contributed by atoms with Crippen molar-refractivity contribution in [1.29, 1.82) is 0 Å². The second-order valence-electron chi connectivity index (χ2n) is 16.4. The molecule has 6 aromatic rings. The summed E-state index contributed by atoms with van der Waals surface area (Å²) in [4.78, 5) is 25.3. The molecule has 6 rings (SSSR count). The number of benzene rings is 4. The van der Waals surface area contributed by atoms with Crippen LogP contribution in [0.3, 0.4) is 0 Å². The number of amides is 2. The van der Waals surface area contributed by atoms with E-state index in [2.05, 4.69) is 105 Å². The van der Waals surface area contributed by atoms with Gasteiger partial charge in [0.25, 0.3) is 11.8 Å². The van der Waals surface area contributed by atoms with E-state index in [0.717, 1.165) is 80.3 Å². The summed E-state index contributed by atoms with van der Waals surface area (Å²) in [6.07, 6.45) is 0. The lowest BCUT2D eigenvalue weighted by Crippen LogP contribution is -2.14. The zero-order valence-electron chi connectivity index (χ0n) is 38.6. The van der Waals surface area contributed by atoms with Crippen LogP contribution in [0, 0.1) is 25.7 Å². The molecule has 0 fully saturated rings. The van der Waals surface area contributed by atoms with Crippen molar-refractivity contribution in [1.82, 2.24) is 30.2 Å². The average molecular weight is 1040 g/mol. The number of nitrogens with one attached hydrogen (secondary N) is 4. The highest BCUT2D eigenvalue weighted by molar-refractivity contribution is 9.10. The van der Waals surface area contributed by atoms with Crippen molar-refractivity contribution in [3.05, 3.63) is 151 Å². The van der Waals surface area contributed by atoms with Crippen molar-refractivity contribution in [2.24, 2.45) is 11.8 Å². The maximum absolute atomic E-state index is 12.7. The van der Waals surface area contributed by atoms with Crippen LogP contribution in [0.25, 0.3) is 0 Å². The van der Waals surface area contributed by atoms with Gasteiger partial charge in [0, 0.05) is 67.8 Å². The van der Waals surface area contributed by atoms with Gasteiger partial charge < -0.3 is 30.7 Å². The molecule has 4 aromatic carbocycles. The molecule has 0 bridgehead atoms. The summed E-state index contributed by atoms with van der Waals surface area (Å²) >= 11 is 7.09. The number of carbonyl (C=O) groups excluding carboxylic acids is 2. The maximum Gasteiger partial charge on any atom is 0.256 e. The summed E-state index contributed by atoms with van der Waals surface area (Å²) < 4.78 is 17.7. The van der Waals surface area contributed by atoms with Crippen LogP contribution in [0.1, 0.15) is 95.9 Å². The Morgan fingerprint density at radius 2 is 0.954 bits per heavy atom. The molecule has 2 aromatic heterocycles. The first-order valence-corrected chi connectivity index (χ1v) is 23.4. The first-order chi connectivity index (χ1) is 30.7. The van der Waals surface area contributed by atoms with Crippen LogP contribution in [0.15, 0.2) is 106 Å². The Morgan fingerprint density at radius 3 is 1.29 bits per heavy atom.